The quantitative estimate of drug-likeness (QED) is 0.490. The molecule has 5 heteroatoms. The summed E-state index contributed by atoms with van der Waals surface area (Å²) in [6, 6.07) is 7.37. The van der Waals surface area contributed by atoms with Crippen LogP contribution in [0.2, 0.25) is 0 Å². The van der Waals surface area contributed by atoms with E-state index < -0.39 is 0 Å². The highest BCUT2D eigenvalue weighted by Gasteiger charge is 2.08. The minimum Gasteiger partial charge on any atom is -0.293 e. The van der Waals surface area contributed by atoms with Crippen LogP contribution in [0.15, 0.2) is 46.3 Å². The molecule has 0 aliphatic carbocycles. The molecule has 18 heavy (non-hydrogen) atoms. The van der Waals surface area contributed by atoms with Gasteiger partial charge in [-0.25, -0.2) is 9.97 Å². The Balaban J connectivity index is 1.98. The molecule has 0 N–H and O–H groups in total. The first-order chi connectivity index (χ1) is 8.65. The molecule has 0 spiro atoms. The Hall–Kier alpha value is -1.20. The summed E-state index contributed by atoms with van der Waals surface area (Å²) in [7, 11) is 0. The molecule has 0 aliphatic heterocycles. The number of hydrogen-bond acceptors (Lipinski definition) is 4. The fraction of sp³-hybridized carbons (Fsp3) is 0.154. The molecule has 1 heterocycles. The number of ketones is 1. The van der Waals surface area contributed by atoms with Crippen LogP contribution in [0.4, 0.5) is 0 Å². The van der Waals surface area contributed by atoms with Crippen molar-refractivity contribution in [2.45, 2.75) is 12.1 Å². The van der Waals surface area contributed by atoms with Crippen molar-refractivity contribution in [1.29, 1.82) is 0 Å². The monoisotopic (exact) mass is 322 g/mol. The molecular formula is C13H11BrN2OS. The van der Waals surface area contributed by atoms with Crippen LogP contribution in [-0.4, -0.2) is 21.5 Å². The highest BCUT2D eigenvalue weighted by molar-refractivity contribution is 9.10. The predicted octanol–water partition coefficient (Wildman–Crippen LogP) is 3.52. The minimum absolute atomic E-state index is 0.0745. The van der Waals surface area contributed by atoms with Crippen LogP contribution < -0.4 is 0 Å². The van der Waals surface area contributed by atoms with Crippen molar-refractivity contribution in [3.8, 4) is 0 Å². The van der Waals surface area contributed by atoms with Gasteiger partial charge in [-0.15, -0.1) is 0 Å². The molecule has 0 fully saturated rings. The first-order valence-electron chi connectivity index (χ1n) is 5.35. The van der Waals surface area contributed by atoms with E-state index in [2.05, 4.69) is 25.9 Å². The lowest BCUT2D eigenvalue weighted by Gasteiger charge is -2.01. The normalized spacial score (nSPS) is 10.3. The van der Waals surface area contributed by atoms with Crippen LogP contribution in [0, 0.1) is 6.92 Å². The second-order valence-electron chi connectivity index (χ2n) is 3.77. The summed E-state index contributed by atoms with van der Waals surface area (Å²) in [5.41, 5.74) is 1.71. The Bertz CT molecular complexity index is 557. The Morgan fingerprint density at radius 1 is 1.33 bits per heavy atom. The number of benzene rings is 1. The number of carbonyl (C=O) groups excluding carboxylic acids is 1. The number of thioether (sulfide) groups is 1. The van der Waals surface area contributed by atoms with Gasteiger partial charge in [0, 0.05) is 22.4 Å². The number of halogens is 1. The second kappa shape index (κ2) is 6.11. The number of hydrogen-bond donors (Lipinski definition) is 0. The maximum Gasteiger partial charge on any atom is 0.187 e. The average molecular weight is 323 g/mol. The predicted molar refractivity (Wildman–Crippen MR) is 76.0 cm³/mol. The molecule has 0 aliphatic rings. The van der Waals surface area contributed by atoms with Crippen molar-refractivity contribution in [3.05, 3.63) is 52.3 Å². The van der Waals surface area contributed by atoms with E-state index in [0.29, 0.717) is 16.5 Å². The second-order valence-corrected chi connectivity index (χ2v) is 5.62. The van der Waals surface area contributed by atoms with E-state index in [-0.39, 0.29) is 5.78 Å². The molecule has 0 bridgehead atoms. The third kappa shape index (κ3) is 3.65. The molecule has 2 aromatic rings. The maximum atomic E-state index is 11.9. The number of aromatic nitrogens is 2. The van der Waals surface area contributed by atoms with Crippen LogP contribution in [0.3, 0.4) is 0 Å². The molecule has 1 aromatic carbocycles. The molecule has 0 saturated heterocycles. The zero-order valence-electron chi connectivity index (χ0n) is 9.76. The average Bonchev–Trinajstić information content (AvgIpc) is 2.38. The highest BCUT2D eigenvalue weighted by Crippen LogP contribution is 2.17. The van der Waals surface area contributed by atoms with Gasteiger partial charge in [-0.05, 0) is 24.6 Å². The summed E-state index contributed by atoms with van der Waals surface area (Å²) in [6.07, 6.45) is 3.50. The van der Waals surface area contributed by atoms with Gasteiger partial charge >= 0.3 is 0 Å². The van der Waals surface area contributed by atoms with Gasteiger partial charge in [-0.1, -0.05) is 39.8 Å². The van der Waals surface area contributed by atoms with Crippen molar-refractivity contribution in [3.63, 3.8) is 0 Å². The first kappa shape index (κ1) is 13.2. The molecule has 0 unspecified atom stereocenters. The number of rotatable bonds is 4. The van der Waals surface area contributed by atoms with E-state index >= 15 is 0 Å². The fourth-order valence-electron chi connectivity index (χ4n) is 1.33. The van der Waals surface area contributed by atoms with Crippen LogP contribution in [-0.2, 0) is 0 Å². The van der Waals surface area contributed by atoms with Gasteiger partial charge in [0.05, 0.1) is 5.75 Å². The molecule has 0 radical (unpaired) electrons. The van der Waals surface area contributed by atoms with Gasteiger partial charge in [0.1, 0.15) is 0 Å². The summed E-state index contributed by atoms with van der Waals surface area (Å²) in [4.78, 5) is 20.2. The summed E-state index contributed by atoms with van der Waals surface area (Å²) >= 11 is 4.70. The SMILES string of the molecule is Cc1cnc(SCC(=O)c2cccc(Br)c2)nc1. The van der Waals surface area contributed by atoms with Gasteiger partial charge in [-0.3, -0.25) is 4.79 Å². The van der Waals surface area contributed by atoms with Crippen molar-refractivity contribution in [2.24, 2.45) is 0 Å². The van der Waals surface area contributed by atoms with E-state index in [9.17, 15) is 4.79 Å². The molecule has 0 atom stereocenters. The Kier molecular flexibility index (Phi) is 4.49. The van der Waals surface area contributed by atoms with E-state index in [4.69, 9.17) is 0 Å². The third-order valence-electron chi connectivity index (χ3n) is 2.24. The van der Waals surface area contributed by atoms with Gasteiger partial charge in [0.15, 0.2) is 10.9 Å². The minimum atomic E-state index is 0.0745. The van der Waals surface area contributed by atoms with E-state index in [1.165, 1.54) is 11.8 Å². The summed E-state index contributed by atoms with van der Waals surface area (Å²) < 4.78 is 0.907. The number of nitrogens with zero attached hydrogens (tertiary/aromatic N) is 2. The molecule has 2 rings (SSSR count). The Morgan fingerprint density at radius 2 is 2.06 bits per heavy atom. The summed E-state index contributed by atoms with van der Waals surface area (Å²) in [5.74, 6) is 0.421. The van der Waals surface area contributed by atoms with Crippen LogP contribution in [0.25, 0.3) is 0 Å². The summed E-state index contributed by atoms with van der Waals surface area (Å²) in [6.45, 7) is 1.93. The van der Waals surface area contributed by atoms with Gasteiger partial charge < -0.3 is 0 Å². The van der Waals surface area contributed by atoms with Crippen LogP contribution in [0.1, 0.15) is 15.9 Å². The van der Waals surface area contributed by atoms with E-state index in [1.807, 2.05) is 31.2 Å². The first-order valence-corrected chi connectivity index (χ1v) is 7.13. The van der Waals surface area contributed by atoms with Crippen molar-refractivity contribution in [1.82, 2.24) is 9.97 Å². The molecule has 0 amide bonds. The fourth-order valence-corrected chi connectivity index (χ4v) is 2.41. The zero-order chi connectivity index (χ0) is 13.0. The van der Waals surface area contributed by atoms with Crippen molar-refractivity contribution in [2.75, 3.05) is 5.75 Å². The largest absolute Gasteiger partial charge is 0.293 e. The zero-order valence-corrected chi connectivity index (χ0v) is 12.2. The Labute approximate surface area is 118 Å². The summed E-state index contributed by atoms with van der Waals surface area (Å²) in [5, 5.41) is 0.629. The van der Waals surface area contributed by atoms with Gasteiger partial charge in [-0.2, -0.15) is 0 Å². The molecule has 0 saturated carbocycles. The maximum absolute atomic E-state index is 11.9. The number of aryl methyl sites for hydroxylation is 1. The smallest absolute Gasteiger partial charge is 0.187 e. The lowest BCUT2D eigenvalue weighted by Crippen LogP contribution is -2.03. The number of Topliss-reactive ketones (excluding diaryl/α,β-unsaturated/α-hetero) is 1. The Morgan fingerprint density at radius 3 is 2.72 bits per heavy atom. The topological polar surface area (TPSA) is 42.9 Å². The van der Waals surface area contributed by atoms with Gasteiger partial charge in [0.2, 0.25) is 0 Å². The standard InChI is InChI=1S/C13H11BrN2OS/c1-9-6-15-13(16-7-9)18-8-12(17)10-3-2-4-11(14)5-10/h2-7H,8H2,1H3. The number of carbonyl (C=O) groups is 1. The molecule has 1 aromatic heterocycles. The van der Waals surface area contributed by atoms with E-state index in [0.717, 1.165) is 10.0 Å². The molecule has 92 valence electrons. The molecule has 3 nitrogen and oxygen atoms in total. The van der Waals surface area contributed by atoms with Crippen molar-refractivity contribution < 1.29 is 4.79 Å². The molecular weight excluding hydrogens is 312 g/mol. The van der Waals surface area contributed by atoms with Crippen LogP contribution >= 0.6 is 27.7 Å². The van der Waals surface area contributed by atoms with E-state index in [1.54, 1.807) is 12.4 Å². The van der Waals surface area contributed by atoms with Crippen molar-refractivity contribution >= 4 is 33.5 Å². The van der Waals surface area contributed by atoms with Gasteiger partial charge in [0.25, 0.3) is 0 Å². The van der Waals surface area contributed by atoms with Crippen LogP contribution in [0.5, 0.6) is 0 Å². The lowest BCUT2D eigenvalue weighted by atomic mass is 10.2. The third-order valence-corrected chi connectivity index (χ3v) is 3.60. The lowest BCUT2D eigenvalue weighted by molar-refractivity contribution is 0.102. The highest BCUT2D eigenvalue weighted by atomic mass is 79.9.